The standard InChI is InChI=1S/C11H10BrClFNO3/c1-15(3-2-9(16)17)11(18)7-4-6(13)5-8(12)10(7)14/h4-5H,2-3H2,1H3,(H,16,17). The second-order valence-electron chi connectivity index (χ2n) is 3.62. The minimum atomic E-state index is -1.03. The third-order valence-electron chi connectivity index (χ3n) is 2.23. The maximum atomic E-state index is 13.7. The van der Waals surface area contributed by atoms with Gasteiger partial charge in [-0.2, -0.15) is 0 Å². The van der Waals surface area contributed by atoms with Gasteiger partial charge in [-0.1, -0.05) is 11.6 Å². The number of hydrogen-bond donors (Lipinski definition) is 1. The number of carbonyl (C=O) groups excluding carboxylic acids is 1. The molecular formula is C11H10BrClFNO3. The molecule has 1 rings (SSSR count). The van der Waals surface area contributed by atoms with E-state index in [1.807, 2.05) is 0 Å². The highest BCUT2D eigenvalue weighted by Crippen LogP contribution is 2.25. The van der Waals surface area contributed by atoms with E-state index in [9.17, 15) is 14.0 Å². The molecule has 0 fully saturated rings. The van der Waals surface area contributed by atoms with Crippen LogP contribution in [0.2, 0.25) is 5.02 Å². The van der Waals surface area contributed by atoms with Gasteiger partial charge in [0.05, 0.1) is 16.5 Å². The summed E-state index contributed by atoms with van der Waals surface area (Å²) in [5.74, 6) is -2.36. The molecule has 0 radical (unpaired) electrons. The summed E-state index contributed by atoms with van der Waals surface area (Å²) >= 11 is 8.69. The molecule has 1 aromatic carbocycles. The maximum Gasteiger partial charge on any atom is 0.305 e. The molecular weight excluding hydrogens is 328 g/mol. The molecule has 0 spiro atoms. The average molecular weight is 339 g/mol. The van der Waals surface area contributed by atoms with E-state index in [1.54, 1.807) is 0 Å². The van der Waals surface area contributed by atoms with Crippen molar-refractivity contribution in [3.63, 3.8) is 0 Å². The largest absolute Gasteiger partial charge is 0.481 e. The quantitative estimate of drug-likeness (QED) is 0.859. The van der Waals surface area contributed by atoms with Crippen molar-refractivity contribution in [2.24, 2.45) is 0 Å². The third-order valence-corrected chi connectivity index (χ3v) is 3.03. The van der Waals surface area contributed by atoms with Crippen LogP contribution in [-0.4, -0.2) is 35.5 Å². The van der Waals surface area contributed by atoms with Crippen molar-refractivity contribution < 1.29 is 19.1 Å². The summed E-state index contributed by atoms with van der Waals surface area (Å²) in [6.45, 7) is -0.00224. The van der Waals surface area contributed by atoms with E-state index in [0.717, 1.165) is 4.90 Å². The second-order valence-corrected chi connectivity index (χ2v) is 4.91. The number of benzene rings is 1. The lowest BCUT2D eigenvalue weighted by Gasteiger charge is -2.17. The number of amides is 1. The zero-order valence-corrected chi connectivity index (χ0v) is 11.8. The molecule has 0 unspecified atom stereocenters. The van der Waals surface area contributed by atoms with Gasteiger partial charge < -0.3 is 10.0 Å². The van der Waals surface area contributed by atoms with E-state index in [2.05, 4.69) is 15.9 Å². The summed E-state index contributed by atoms with van der Waals surface area (Å²) in [6, 6.07) is 2.55. The normalized spacial score (nSPS) is 10.2. The molecule has 0 aliphatic heterocycles. The maximum absolute atomic E-state index is 13.7. The summed E-state index contributed by atoms with van der Waals surface area (Å²) in [5.41, 5.74) is -0.192. The first-order valence-corrected chi connectivity index (χ1v) is 6.12. The van der Waals surface area contributed by atoms with Gasteiger partial charge in [-0.15, -0.1) is 0 Å². The van der Waals surface area contributed by atoms with Crippen LogP contribution in [0.15, 0.2) is 16.6 Å². The van der Waals surface area contributed by atoms with Crippen LogP contribution in [0, 0.1) is 5.82 Å². The summed E-state index contributed by atoms with van der Waals surface area (Å²) in [5, 5.41) is 8.74. The van der Waals surface area contributed by atoms with E-state index in [0.29, 0.717) is 0 Å². The van der Waals surface area contributed by atoms with Crippen LogP contribution in [-0.2, 0) is 4.79 Å². The van der Waals surface area contributed by atoms with Crippen LogP contribution in [0.1, 0.15) is 16.8 Å². The van der Waals surface area contributed by atoms with E-state index in [1.165, 1.54) is 19.2 Å². The molecule has 98 valence electrons. The van der Waals surface area contributed by atoms with Crippen LogP contribution in [0.25, 0.3) is 0 Å². The predicted octanol–water partition coefficient (Wildman–Crippen LogP) is 2.79. The Balaban J connectivity index is 2.93. The van der Waals surface area contributed by atoms with Crippen molar-refractivity contribution in [1.82, 2.24) is 4.90 Å². The van der Waals surface area contributed by atoms with Crippen LogP contribution < -0.4 is 0 Å². The van der Waals surface area contributed by atoms with Gasteiger partial charge in [0.2, 0.25) is 0 Å². The Morgan fingerprint density at radius 1 is 1.50 bits per heavy atom. The monoisotopic (exact) mass is 337 g/mol. The lowest BCUT2D eigenvalue weighted by Crippen LogP contribution is -2.29. The van der Waals surface area contributed by atoms with Crippen molar-refractivity contribution in [3.05, 3.63) is 33.0 Å². The van der Waals surface area contributed by atoms with Gasteiger partial charge >= 0.3 is 5.97 Å². The molecule has 0 aliphatic rings. The molecule has 0 heterocycles. The molecule has 0 saturated carbocycles. The summed E-state index contributed by atoms with van der Waals surface area (Å²) in [4.78, 5) is 23.4. The van der Waals surface area contributed by atoms with Gasteiger partial charge in [-0.25, -0.2) is 4.39 Å². The van der Waals surface area contributed by atoms with Crippen molar-refractivity contribution in [1.29, 1.82) is 0 Å². The Bertz CT molecular complexity index is 495. The summed E-state index contributed by atoms with van der Waals surface area (Å²) in [7, 11) is 1.40. The molecule has 0 bridgehead atoms. The minimum absolute atomic E-state index is 0.00224. The van der Waals surface area contributed by atoms with E-state index >= 15 is 0 Å². The van der Waals surface area contributed by atoms with Gasteiger partial charge in [0.1, 0.15) is 5.82 Å². The molecule has 0 saturated heterocycles. The first kappa shape index (κ1) is 14.9. The van der Waals surface area contributed by atoms with Crippen LogP contribution in [0.3, 0.4) is 0 Å². The number of rotatable bonds is 4. The first-order chi connectivity index (χ1) is 8.32. The minimum Gasteiger partial charge on any atom is -0.481 e. The van der Waals surface area contributed by atoms with Crippen molar-refractivity contribution >= 4 is 39.4 Å². The first-order valence-electron chi connectivity index (χ1n) is 4.94. The predicted molar refractivity (Wildman–Crippen MR) is 68.3 cm³/mol. The van der Waals surface area contributed by atoms with Crippen LogP contribution in [0.4, 0.5) is 4.39 Å². The fourth-order valence-electron chi connectivity index (χ4n) is 1.28. The van der Waals surface area contributed by atoms with E-state index in [-0.39, 0.29) is 28.0 Å². The van der Waals surface area contributed by atoms with Crippen LogP contribution >= 0.6 is 27.5 Å². The smallest absolute Gasteiger partial charge is 0.305 e. The number of hydrogen-bond acceptors (Lipinski definition) is 2. The number of carboxylic acids is 1. The molecule has 0 atom stereocenters. The summed E-state index contributed by atoms with van der Waals surface area (Å²) < 4.78 is 13.8. The average Bonchev–Trinajstić information content (AvgIpc) is 2.29. The Hall–Kier alpha value is -1.14. The molecule has 1 aromatic rings. The summed E-state index contributed by atoms with van der Waals surface area (Å²) in [6.07, 6.45) is -0.203. The zero-order chi connectivity index (χ0) is 13.9. The number of carboxylic acid groups (broad SMARTS) is 1. The van der Waals surface area contributed by atoms with Crippen molar-refractivity contribution in [3.8, 4) is 0 Å². The molecule has 18 heavy (non-hydrogen) atoms. The molecule has 0 aliphatic carbocycles. The fraction of sp³-hybridized carbons (Fsp3) is 0.273. The van der Waals surface area contributed by atoms with Crippen LogP contribution in [0.5, 0.6) is 0 Å². The lowest BCUT2D eigenvalue weighted by molar-refractivity contribution is -0.137. The second kappa shape index (κ2) is 6.15. The van der Waals surface area contributed by atoms with E-state index < -0.39 is 17.7 Å². The van der Waals surface area contributed by atoms with Crippen molar-refractivity contribution in [2.75, 3.05) is 13.6 Å². The Kier molecular flexibility index (Phi) is 5.10. The van der Waals surface area contributed by atoms with Gasteiger partial charge in [-0.3, -0.25) is 9.59 Å². The number of halogens is 3. The Morgan fingerprint density at radius 2 is 2.11 bits per heavy atom. The topological polar surface area (TPSA) is 57.6 Å². The van der Waals surface area contributed by atoms with E-state index in [4.69, 9.17) is 16.7 Å². The molecule has 4 nitrogen and oxygen atoms in total. The highest BCUT2D eigenvalue weighted by molar-refractivity contribution is 9.10. The molecule has 0 aromatic heterocycles. The number of aliphatic carboxylic acids is 1. The highest BCUT2D eigenvalue weighted by atomic mass is 79.9. The van der Waals surface area contributed by atoms with Gasteiger partial charge in [0, 0.05) is 18.6 Å². The lowest BCUT2D eigenvalue weighted by atomic mass is 10.2. The van der Waals surface area contributed by atoms with Gasteiger partial charge in [0.15, 0.2) is 0 Å². The molecule has 1 amide bonds. The fourth-order valence-corrected chi connectivity index (χ4v) is 2.09. The molecule has 7 heteroatoms. The SMILES string of the molecule is CN(CCC(=O)O)C(=O)c1cc(Cl)cc(Br)c1F. The Labute approximate surface area is 116 Å². The Morgan fingerprint density at radius 3 is 2.67 bits per heavy atom. The van der Waals surface area contributed by atoms with Crippen molar-refractivity contribution in [2.45, 2.75) is 6.42 Å². The van der Waals surface area contributed by atoms with Gasteiger partial charge in [0.25, 0.3) is 5.91 Å². The number of nitrogens with zero attached hydrogens (tertiary/aromatic N) is 1. The third kappa shape index (κ3) is 3.68. The molecule has 1 N–H and O–H groups in total. The van der Waals surface area contributed by atoms with Gasteiger partial charge in [-0.05, 0) is 28.1 Å². The highest BCUT2D eigenvalue weighted by Gasteiger charge is 2.19. The number of carbonyl (C=O) groups is 2. The zero-order valence-electron chi connectivity index (χ0n) is 9.41.